The third-order valence-corrected chi connectivity index (χ3v) is 6.81. The van der Waals surface area contributed by atoms with E-state index in [9.17, 15) is 0 Å². The summed E-state index contributed by atoms with van der Waals surface area (Å²) in [6.07, 6.45) is 0. The van der Waals surface area contributed by atoms with E-state index < -0.39 is 0 Å². The van der Waals surface area contributed by atoms with Gasteiger partial charge in [0.05, 0.1) is 5.41 Å². The highest BCUT2D eigenvalue weighted by Gasteiger charge is 2.73. The smallest absolute Gasteiger partial charge is 0.141 e. The Kier molecular flexibility index (Phi) is 3.88. The summed E-state index contributed by atoms with van der Waals surface area (Å²) in [5, 5.41) is 0. The molecule has 0 aromatic heterocycles. The first-order valence-corrected chi connectivity index (χ1v) is 10.8. The number of rotatable bonds is 5. The summed E-state index contributed by atoms with van der Waals surface area (Å²) in [6.45, 7) is 2.18. The van der Waals surface area contributed by atoms with E-state index in [2.05, 4.69) is 128 Å². The van der Waals surface area contributed by atoms with E-state index in [0.29, 0.717) is 0 Å². The molecule has 1 heteroatoms. The first kappa shape index (κ1) is 18.1. The van der Waals surface area contributed by atoms with Gasteiger partial charge in [0.1, 0.15) is 5.54 Å². The molecule has 0 fully saturated rings. The van der Waals surface area contributed by atoms with Gasteiger partial charge in [-0.15, -0.1) is 0 Å². The lowest BCUT2D eigenvalue weighted by Gasteiger charge is -2.32. The van der Waals surface area contributed by atoms with Gasteiger partial charge in [-0.3, -0.25) is 4.99 Å². The van der Waals surface area contributed by atoms with Gasteiger partial charge < -0.3 is 0 Å². The predicted octanol–water partition coefficient (Wildman–Crippen LogP) is 6.92. The monoisotopic (exact) mass is 397 g/mol. The molecule has 0 spiro atoms. The van der Waals surface area contributed by atoms with E-state index in [1.165, 1.54) is 39.1 Å². The van der Waals surface area contributed by atoms with Crippen molar-refractivity contribution in [3.05, 3.63) is 144 Å². The van der Waals surface area contributed by atoms with Crippen molar-refractivity contribution in [1.29, 1.82) is 0 Å². The number of nitrogens with zero attached hydrogens (tertiary/aromatic N) is 1. The lowest BCUT2D eigenvalue weighted by Crippen LogP contribution is -2.36. The Morgan fingerprint density at radius 1 is 0.484 bits per heavy atom. The lowest BCUT2D eigenvalue weighted by molar-refractivity contribution is 0.583. The molecule has 0 amide bonds. The van der Waals surface area contributed by atoms with Crippen molar-refractivity contribution in [2.75, 3.05) is 0 Å². The molecule has 0 saturated heterocycles. The zero-order valence-electron chi connectivity index (χ0n) is 17.5. The van der Waals surface area contributed by atoms with Gasteiger partial charge in [-0.25, -0.2) is 0 Å². The first-order chi connectivity index (χ1) is 15.3. The Morgan fingerprint density at radius 2 is 0.839 bits per heavy atom. The van der Waals surface area contributed by atoms with E-state index in [4.69, 9.17) is 4.99 Å². The average Bonchev–Trinajstić information content (AvgIpc) is 3.74. The minimum Gasteiger partial charge on any atom is -0.272 e. The second-order valence-electron chi connectivity index (χ2n) is 8.37. The van der Waals surface area contributed by atoms with Crippen molar-refractivity contribution >= 4 is 16.9 Å². The number of benzene rings is 4. The summed E-state index contributed by atoms with van der Waals surface area (Å²) in [5.41, 5.74) is 8.40. The molecule has 1 unspecified atom stereocenters. The Labute approximate surface area is 183 Å². The van der Waals surface area contributed by atoms with Gasteiger partial charge in [0.2, 0.25) is 0 Å². The van der Waals surface area contributed by atoms with Crippen molar-refractivity contribution in [3.63, 3.8) is 0 Å². The molecule has 1 atom stereocenters. The van der Waals surface area contributed by atoms with Crippen LogP contribution >= 0.6 is 0 Å². The topological polar surface area (TPSA) is 12.4 Å². The highest BCUT2D eigenvalue weighted by molar-refractivity contribution is 6.27. The summed E-state index contributed by atoms with van der Waals surface area (Å²) in [5.74, 6) is 0. The largest absolute Gasteiger partial charge is 0.272 e. The van der Waals surface area contributed by atoms with Crippen molar-refractivity contribution in [1.82, 2.24) is 0 Å². The highest BCUT2D eigenvalue weighted by atomic mass is 15.1. The quantitative estimate of drug-likeness (QED) is 0.347. The van der Waals surface area contributed by atoms with Gasteiger partial charge in [0.15, 0.2) is 0 Å². The van der Waals surface area contributed by atoms with Crippen LogP contribution in [0, 0.1) is 0 Å². The summed E-state index contributed by atoms with van der Waals surface area (Å²) in [7, 11) is 0. The van der Waals surface area contributed by atoms with Gasteiger partial charge in [0.25, 0.3) is 0 Å². The van der Waals surface area contributed by atoms with Gasteiger partial charge in [0, 0.05) is 5.71 Å². The van der Waals surface area contributed by atoms with E-state index in [1.54, 1.807) is 0 Å². The Bertz CT molecular complexity index is 1250. The maximum atomic E-state index is 5.19. The first-order valence-electron chi connectivity index (χ1n) is 10.8. The molecule has 1 aliphatic carbocycles. The maximum Gasteiger partial charge on any atom is 0.141 e. The van der Waals surface area contributed by atoms with Gasteiger partial charge >= 0.3 is 0 Å². The highest BCUT2D eigenvalue weighted by Crippen LogP contribution is 2.75. The van der Waals surface area contributed by atoms with Crippen LogP contribution in [-0.2, 0) is 11.0 Å². The number of hydrogen-bond donors (Lipinski definition) is 0. The molecule has 0 radical (unpaired) electrons. The van der Waals surface area contributed by atoms with Crippen LogP contribution in [0.25, 0.3) is 11.1 Å². The standard InChI is InChI=1S/C30H23N/c1-22-30(31-22,26-20-12-5-13-21-26)29(25-18-10-4-11-19-25)27(23-14-6-2-7-15-23)28(29)24-16-8-3-9-17-24/h2-21H,1H3. The average molecular weight is 398 g/mol. The second-order valence-corrected chi connectivity index (χ2v) is 8.37. The minimum atomic E-state index is -0.369. The summed E-state index contributed by atoms with van der Waals surface area (Å²) >= 11 is 0. The normalized spacial score (nSPS) is 20.9. The summed E-state index contributed by atoms with van der Waals surface area (Å²) in [6, 6.07) is 43.4. The zero-order valence-corrected chi connectivity index (χ0v) is 17.5. The van der Waals surface area contributed by atoms with Crippen LogP contribution in [0.15, 0.2) is 126 Å². The van der Waals surface area contributed by atoms with E-state index in [1.807, 2.05) is 0 Å². The Hall–Kier alpha value is -3.71. The van der Waals surface area contributed by atoms with Gasteiger partial charge in [-0.05, 0) is 40.3 Å². The maximum absolute atomic E-state index is 5.19. The molecule has 4 aromatic carbocycles. The molecule has 2 aliphatic rings. The third kappa shape index (κ3) is 2.41. The van der Waals surface area contributed by atoms with Crippen LogP contribution in [-0.4, -0.2) is 5.71 Å². The third-order valence-electron chi connectivity index (χ3n) is 6.81. The molecule has 1 heterocycles. The second kappa shape index (κ2) is 6.65. The molecule has 1 nitrogen and oxygen atoms in total. The van der Waals surface area contributed by atoms with Crippen LogP contribution < -0.4 is 0 Å². The molecular formula is C30H23N. The molecule has 0 N–H and O–H groups in total. The SMILES string of the molecule is CC1=NC1(c1ccccc1)C1(c2ccccc2)C(c2ccccc2)=C1c1ccccc1. The molecule has 31 heavy (non-hydrogen) atoms. The van der Waals surface area contributed by atoms with Crippen molar-refractivity contribution in [2.24, 2.45) is 4.99 Å². The molecule has 148 valence electrons. The predicted molar refractivity (Wildman–Crippen MR) is 129 cm³/mol. The van der Waals surface area contributed by atoms with Crippen molar-refractivity contribution in [2.45, 2.75) is 17.9 Å². The number of aliphatic imine (C=N–C) groups is 1. The minimum absolute atomic E-state index is 0.303. The van der Waals surface area contributed by atoms with Crippen LogP contribution in [0.1, 0.15) is 29.2 Å². The van der Waals surface area contributed by atoms with Crippen LogP contribution in [0.4, 0.5) is 0 Å². The van der Waals surface area contributed by atoms with E-state index >= 15 is 0 Å². The fourth-order valence-corrected chi connectivity index (χ4v) is 5.51. The summed E-state index contributed by atoms with van der Waals surface area (Å²) < 4.78 is 0. The van der Waals surface area contributed by atoms with Crippen molar-refractivity contribution < 1.29 is 0 Å². The van der Waals surface area contributed by atoms with Crippen LogP contribution in [0.5, 0.6) is 0 Å². The number of hydrogen-bond acceptors (Lipinski definition) is 1. The molecule has 1 aliphatic heterocycles. The Balaban J connectivity index is 1.67. The fourth-order valence-electron chi connectivity index (χ4n) is 5.51. The molecule has 4 aromatic rings. The lowest BCUT2D eigenvalue weighted by atomic mass is 9.68. The van der Waals surface area contributed by atoms with Crippen molar-refractivity contribution in [3.8, 4) is 0 Å². The summed E-state index contributed by atoms with van der Waals surface area (Å²) in [4.78, 5) is 5.19. The zero-order chi connectivity index (χ0) is 20.9. The molecule has 0 bridgehead atoms. The van der Waals surface area contributed by atoms with E-state index in [-0.39, 0.29) is 11.0 Å². The molecular weight excluding hydrogens is 374 g/mol. The van der Waals surface area contributed by atoms with E-state index in [0.717, 1.165) is 0 Å². The van der Waals surface area contributed by atoms with Crippen LogP contribution in [0.3, 0.4) is 0 Å². The fraction of sp³-hybridized carbons (Fsp3) is 0.100. The Morgan fingerprint density at radius 3 is 1.23 bits per heavy atom. The molecule has 0 saturated carbocycles. The van der Waals surface area contributed by atoms with Gasteiger partial charge in [-0.1, -0.05) is 121 Å². The molecule has 6 rings (SSSR count). The van der Waals surface area contributed by atoms with Crippen LogP contribution in [0.2, 0.25) is 0 Å². The van der Waals surface area contributed by atoms with Gasteiger partial charge in [-0.2, -0.15) is 0 Å².